The van der Waals surface area contributed by atoms with Crippen LogP contribution in [0.15, 0.2) is 52.9 Å². The van der Waals surface area contributed by atoms with Crippen molar-refractivity contribution in [2.45, 2.75) is 18.9 Å². The van der Waals surface area contributed by atoms with E-state index in [0.717, 1.165) is 11.6 Å². The maximum Gasteiger partial charge on any atom is 0.321 e. The number of oxazole rings is 1. The summed E-state index contributed by atoms with van der Waals surface area (Å²) in [6, 6.07) is 12.5. The smallest absolute Gasteiger partial charge is 0.321 e. The third kappa shape index (κ3) is 5.37. The summed E-state index contributed by atoms with van der Waals surface area (Å²) >= 11 is 0. The van der Waals surface area contributed by atoms with Gasteiger partial charge in [-0.3, -0.25) is 10.2 Å². The number of carbonyl (C=O) groups excluding carboxylic acids is 1. The Labute approximate surface area is 190 Å². The Balaban J connectivity index is 1.47. The number of aromatic nitrogens is 1. The largest absolute Gasteiger partial charge is 0.420 e. The number of urea groups is 1. The fourth-order valence-electron chi connectivity index (χ4n) is 4.04. The van der Waals surface area contributed by atoms with E-state index >= 15 is 0 Å². The Morgan fingerprint density at radius 2 is 1.97 bits per heavy atom. The van der Waals surface area contributed by atoms with Crippen LogP contribution < -0.4 is 10.6 Å². The Morgan fingerprint density at radius 1 is 1.18 bits per heavy atom. The Kier molecular flexibility index (Phi) is 7.00. The van der Waals surface area contributed by atoms with Gasteiger partial charge in [0.2, 0.25) is 11.8 Å². The summed E-state index contributed by atoms with van der Waals surface area (Å²) in [6.07, 6.45) is 0. The summed E-state index contributed by atoms with van der Waals surface area (Å²) in [7, 11) is 1.62. The van der Waals surface area contributed by atoms with Crippen molar-refractivity contribution in [3.05, 3.63) is 71.4 Å². The van der Waals surface area contributed by atoms with E-state index in [1.54, 1.807) is 20.1 Å². The first-order valence-electron chi connectivity index (χ1n) is 10.7. The first-order chi connectivity index (χ1) is 15.9. The van der Waals surface area contributed by atoms with Crippen LogP contribution in [0.2, 0.25) is 0 Å². The molecule has 3 aromatic rings. The fourth-order valence-corrected chi connectivity index (χ4v) is 4.04. The molecule has 1 aliphatic rings. The molecule has 33 heavy (non-hydrogen) atoms. The lowest BCUT2D eigenvalue weighted by Crippen LogP contribution is -2.42. The van der Waals surface area contributed by atoms with Gasteiger partial charge in [-0.25, -0.2) is 18.6 Å². The van der Waals surface area contributed by atoms with Crippen molar-refractivity contribution in [2.75, 3.05) is 38.7 Å². The third-order valence-corrected chi connectivity index (χ3v) is 5.74. The minimum absolute atomic E-state index is 0.210. The van der Waals surface area contributed by atoms with Crippen LogP contribution in [0.5, 0.6) is 0 Å². The number of anilines is 1. The van der Waals surface area contributed by atoms with Crippen molar-refractivity contribution < 1.29 is 22.7 Å². The second-order valence-corrected chi connectivity index (χ2v) is 8.04. The van der Waals surface area contributed by atoms with E-state index in [4.69, 9.17) is 9.15 Å². The van der Waals surface area contributed by atoms with Gasteiger partial charge in [0, 0.05) is 38.2 Å². The van der Waals surface area contributed by atoms with E-state index in [9.17, 15) is 13.6 Å². The molecule has 2 atom stereocenters. The number of hydrogen-bond donors (Lipinski definition) is 2. The lowest BCUT2D eigenvalue weighted by atomic mass is 9.94. The molecular weight excluding hydrogens is 430 g/mol. The van der Waals surface area contributed by atoms with Gasteiger partial charge >= 0.3 is 6.03 Å². The van der Waals surface area contributed by atoms with Crippen LogP contribution in [0.1, 0.15) is 17.2 Å². The molecule has 0 aliphatic carbocycles. The molecule has 0 bridgehead atoms. The van der Waals surface area contributed by atoms with Crippen LogP contribution in [0.3, 0.4) is 0 Å². The molecule has 2 aromatic carbocycles. The zero-order valence-corrected chi connectivity index (χ0v) is 18.5. The minimum atomic E-state index is -0.906. The van der Waals surface area contributed by atoms with Gasteiger partial charge in [0.25, 0.3) is 0 Å². The summed E-state index contributed by atoms with van der Waals surface area (Å²) in [5.41, 5.74) is 1.98. The molecule has 1 saturated heterocycles. The number of aryl methyl sites for hydroxylation is 1. The van der Waals surface area contributed by atoms with E-state index in [-0.39, 0.29) is 17.8 Å². The normalized spacial score (nSPS) is 18.4. The van der Waals surface area contributed by atoms with Gasteiger partial charge in [0.05, 0.1) is 12.6 Å². The molecule has 174 valence electrons. The average molecular weight is 456 g/mol. The van der Waals surface area contributed by atoms with Crippen LogP contribution in [0, 0.1) is 18.6 Å². The Morgan fingerprint density at radius 3 is 2.70 bits per heavy atom. The van der Waals surface area contributed by atoms with E-state index in [1.165, 1.54) is 6.07 Å². The molecule has 7 nitrogen and oxygen atoms in total. The van der Waals surface area contributed by atoms with Crippen molar-refractivity contribution in [3.63, 3.8) is 0 Å². The van der Waals surface area contributed by atoms with Gasteiger partial charge in [-0.2, -0.15) is 0 Å². The van der Waals surface area contributed by atoms with Crippen molar-refractivity contribution in [2.24, 2.45) is 0 Å². The van der Waals surface area contributed by atoms with Gasteiger partial charge in [0.1, 0.15) is 5.69 Å². The summed E-state index contributed by atoms with van der Waals surface area (Å²) in [5, 5.41) is 5.68. The van der Waals surface area contributed by atoms with Crippen molar-refractivity contribution in [3.8, 4) is 11.5 Å². The lowest BCUT2D eigenvalue weighted by Gasteiger charge is -2.20. The quantitative estimate of drug-likeness (QED) is 0.558. The summed E-state index contributed by atoms with van der Waals surface area (Å²) in [6.45, 7) is 4.07. The topological polar surface area (TPSA) is 79.6 Å². The Bertz CT molecular complexity index is 1110. The zero-order valence-electron chi connectivity index (χ0n) is 18.5. The zero-order chi connectivity index (χ0) is 23.4. The standard InChI is InChI=1S/C24H26F2N4O3/c1-15-22(33-23(27-15)16-6-4-3-5-7-16)29-24(31)28-21-14-30(10-11-32-2)13-18(21)17-8-9-19(25)20(26)12-17/h3-9,12,18,21H,10-11,13-14H2,1-2H3,(H2,28,29,31)/t18-,21+/m0/s1. The van der Waals surface area contributed by atoms with Gasteiger partial charge in [0.15, 0.2) is 11.6 Å². The van der Waals surface area contributed by atoms with E-state index in [1.807, 2.05) is 30.3 Å². The molecule has 9 heteroatoms. The number of nitrogens with zero attached hydrogens (tertiary/aromatic N) is 2. The number of rotatable bonds is 7. The number of carbonyl (C=O) groups is 1. The molecule has 2 N–H and O–H groups in total. The van der Waals surface area contributed by atoms with Gasteiger partial charge in [-0.15, -0.1) is 0 Å². The van der Waals surface area contributed by atoms with Crippen LogP contribution in [0.4, 0.5) is 19.5 Å². The first-order valence-corrected chi connectivity index (χ1v) is 10.7. The monoisotopic (exact) mass is 456 g/mol. The SMILES string of the molecule is COCCN1C[C@@H](NC(=O)Nc2oc(-c3ccccc3)nc2C)[C@H](c2ccc(F)c(F)c2)C1. The third-order valence-electron chi connectivity index (χ3n) is 5.74. The second-order valence-electron chi connectivity index (χ2n) is 8.04. The highest BCUT2D eigenvalue weighted by molar-refractivity contribution is 5.88. The van der Waals surface area contributed by atoms with E-state index < -0.39 is 17.7 Å². The predicted octanol–water partition coefficient (Wildman–Crippen LogP) is 4.16. The first kappa shape index (κ1) is 22.9. The lowest BCUT2D eigenvalue weighted by molar-refractivity contribution is 0.159. The molecule has 0 saturated carbocycles. The molecule has 0 unspecified atom stereocenters. The van der Waals surface area contributed by atoms with Crippen LogP contribution in [0.25, 0.3) is 11.5 Å². The second kappa shape index (κ2) is 10.1. The van der Waals surface area contributed by atoms with Gasteiger partial charge in [-0.05, 0) is 36.8 Å². The molecule has 1 aromatic heterocycles. The average Bonchev–Trinajstić information content (AvgIpc) is 3.38. The van der Waals surface area contributed by atoms with E-state index in [0.29, 0.717) is 43.4 Å². The molecule has 1 aliphatic heterocycles. The maximum atomic E-state index is 13.9. The minimum Gasteiger partial charge on any atom is -0.420 e. The van der Waals surface area contributed by atoms with Crippen LogP contribution >= 0.6 is 0 Å². The molecule has 0 spiro atoms. The fraction of sp³-hybridized carbons (Fsp3) is 0.333. The number of nitrogens with one attached hydrogen (secondary N) is 2. The molecule has 1 fully saturated rings. The van der Waals surface area contributed by atoms with E-state index in [2.05, 4.69) is 20.5 Å². The Hall–Kier alpha value is -3.30. The number of ether oxygens (including phenoxy) is 1. The summed E-state index contributed by atoms with van der Waals surface area (Å²) in [4.78, 5) is 19.3. The highest BCUT2D eigenvalue weighted by atomic mass is 19.2. The van der Waals surface area contributed by atoms with Crippen LogP contribution in [-0.4, -0.2) is 55.3 Å². The number of methoxy groups -OCH3 is 1. The number of likely N-dealkylation sites (tertiary alicyclic amines) is 1. The highest BCUT2D eigenvalue weighted by Crippen LogP contribution is 2.29. The van der Waals surface area contributed by atoms with Crippen molar-refractivity contribution in [1.29, 1.82) is 0 Å². The molecular formula is C24H26F2N4O3. The number of amides is 2. The maximum absolute atomic E-state index is 13.9. The number of benzene rings is 2. The number of halogens is 2. The number of hydrogen-bond acceptors (Lipinski definition) is 5. The summed E-state index contributed by atoms with van der Waals surface area (Å²) < 4.78 is 38.2. The molecule has 2 heterocycles. The van der Waals surface area contributed by atoms with Gasteiger partial charge in [-0.1, -0.05) is 24.3 Å². The highest BCUT2D eigenvalue weighted by Gasteiger charge is 2.35. The molecule has 0 radical (unpaired) electrons. The molecule has 4 rings (SSSR count). The predicted molar refractivity (Wildman–Crippen MR) is 120 cm³/mol. The van der Waals surface area contributed by atoms with Gasteiger partial charge < -0.3 is 14.5 Å². The van der Waals surface area contributed by atoms with Crippen molar-refractivity contribution in [1.82, 2.24) is 15.2 Å². The molecule has 2 amide bonds. The van der Waals surface area contributed by atoms with Crippen molar-refractivity contribution >= 4 is 11.9 Å². The van der Waals surface area contributed by atoms with Crippen LogP contribution in [-0.2, 0) is 4.74 Å². The summed E-state index contributed by atoms with van der Waals surface area (Å²) in [5.74, 6) is -1.35.